The van der Waals surface area contributed by atoms with Crippen molar-refractivity contribution in [2.45, 2.75) is 38.7 Å². The van der Waals surface area contributed by atoms with Gasteiger partial charge in [-0.3, -0.25) is 4.79 Å². The second kappa shape index (κ2) is 11.4. The first kappa shape index (κ1) is 21.0. The first-order valence-electron chi connectivity index (χ1n) is 9.60. The summed E-state index contributed by atoms with van der Waals surface area (Å²) in [5.74, 6) is -0.878. The molecular formula is C21H30N2O4. The first-order valence-corrected chi connectivity index (χ1v) is 9.60. The lowest BCUT2D eigenvalue weighted by Crippen LogP contribution is -2.37. The third-order valence-corrected chi connectivity index (χ3v) is 4.54. The van der Waals surface area contributed by atoms with Gasteiger partial charge < -0.3 is 19.7 Å². The van der Waals surface area contributed by atoms with E-state index < -0.39 is 12.1 Å². The molecule has 1 fully saturated rings. The number of hydrogen-bond acceptors (Lipinski definition) is 5. The topological polar surface area (TPSA) is 67.9 Å². The van der Waals surface area contributed by atoms with Crippen molar-refractivity contribution in [1.29, 1.82) is 0 Å². The molecule has 148 valence electrons. The highest BCUT2D eigenvalue weighted by molar-refractivity contribution is 5.90. The number of anilines is 1. The van der Waals surface area contributed by atoms with Crippen LogP contribution in [0.1, 0.15) is 38.2 Å². The van der Waals surface area contributed by atoms with Crippen LogP contribution in [-0.4, -0.2) is 51.3 Å². The second-order valence-electron chi connectivity index (χ2n) is 6.69. The number of nitrogens with one attached hydrogen (secondary N) is 1. The summed E-state index contributed by atoms with van der Waals surface area (Å²) in [4.78, 5) is 26.1. The Morgan fingerprint density at radius 1 is 1.15 bits per heavy atom. The summed E-state index contributed by atoms with van der Waals surface area (Å²) in [5.41, 5.74) is 2.14. The van der Waals surface area contributed by atoms with E-state index in [1.54, 1.807) is 20.1 Å². The van der Waals surface area contributed by atoms with Crippen molar-refractivity contribution in [2.24, 2.45) is 0 Å². The van der Waals surface area contributed by atoms with E-state index in [0.29, 0.717) is 13.2 Å². The van der Waals surface area contributed by atoms with Gasteiger partial charge in [-0.2, -0.15) is 0 Å². The van der Waals surface area contributed by atoms with Crippen LogP contribution in [0.25, 0.3) is 6.08 Å². The van der Waals surface area contributed by atoms with E-state index in [-0.39, 0.29) is 5.91 Å². The van der Waals surface area contributed by atoms with Crippen molar-refractivity contribution in [3.63, 3.8) is 0 Å². The van der Waals surface area contributed by atoms with Gasteiger partial charge in [-0.15, -0.1) is 0 Å². The molecular weight excluding hydrogens is 344 g/mol. The number of carbonyl (C=O) groups excluding carboxylic acids is 2. The Kier molecular flexibility index (Phi) is 8.84. The lowest BCUT2D eigenvalue weighted by molar-refractivity contribution is -0.150. The minimum atomic E-state index is -0.843. The summed E-state index contributed by atoms with van der Waals surface area (Å²) in [5, 5.41) is 2.63. The Balaban J connectivity index is 1.82. The lowest BCUT2D eigenvalue weighted by atomic mass is 10.1. The molecule has 0 aliphatic carbocycles. The van der Waals surface area contributed by atoms with Crippen molar-refractivity contribution in [3.8, 4) is 0 Å². The maximum Gasteiger partial charge on any atom is 0.331 e. The molecule has 1 atom stereocenters. The van der Waals surface area contributed by atoms with Crippen molar-refractivity contribution >= 4 is 23.6 Å². The second-order valence-corrected chi connectivity index (χ2v) is 6.69. The number of benzene rings is 1. The Labute approximate surface area is 161 Å². The number of esters is 1. The van der Waals surface area contributed by atoms with Gasteiger partial charge in [0.1, 0.15) is 0 Å². The van der Waals surface area contributed by atoms with E-state index >= 15 is 0 Å². The van der Waals surface area contributed by atoms with E-state index in [1.807, 2.05) is 12.1 Å². The lowest BCUT2D eigenvalue weighted by Gasteiger charge is -2.22. The molecule has 0 radical (unpaired) electrons. The number of amides is 1. The molecule has 1 N–H and O–H groups in total. The zero-order chi connectivity index (χ0) is 19.5. The molecule has 0 unspecified atom stereocenters. The summed E-state index contributed by atoms with van der Waals surface area (Å²) in [6.45, 7) is 4.55. The van der Waals surface area contributed by atoms with Gasteiger partial charge in [0.25, 0.3) is 5.91 Å². The van der Waals surface area contributed by atoms with Gasteiger partial charge in [0, 0.05) is 38.5 Å². The maximum absolute atomic E-state index is 11.9. The molecule has 1 amide bonds. The van der Waals surface area contributed by atoms with Crippen LogP contribution in [0.3, 0.4) is 0 Å². The monoisotopic (exact) mass is 374 g/mol. The Morgan fingerprint density at radius 2 is 1.81 bits per heavy atom. The fourth-order valence-corrected chi connectivity index (χ4v) is 2.98. The fraction of sp³-hybridized carbons (Fsp3) is 0.524. The molecule has 0 aromatic heterocycles. The molecule has 1 aromatic carbocycles. The number of hydrogen-bond donors (Lipinski definition) is 1. The molecule has 1 aromatic rings. The average molecular weight is 374 g/mol. The smallest absolute Gasteiger partial charge is 0.331 e. The molecule has 1 saturated heterocycles. The highest BCUT2D eigenvalue weighted by Crippen LogP contribution is 2.20. The van der Waals surface area contributed by atoms with Crippen LogP contribution >= 0.6 is 0 Å². The Morgan fingerprint density at radius 3 is 2.44 bits per heavy atom. The molecule has 0 spiro atoms. The molecule has 1 heterocycles. The molecule has 0 bridgehead atoms. The Bertz CT molecular complexity index is 620. The first-order chi connectivity index (χ1) is 13.1. The fourth-order valence-electron chi connectivity index (χ4n) is 2.98. The number of methoxy groups -OCH3 is 1. The SMILES string of the molecule is COCCNC(=O)[C@@H](C)OC(=O)/C=C/c1ccc(N2CCCCCC2)cc1. The van der Waals surface area contributed by atoms with Crippen molar-refractivity contribution in [2.75, 3.05) is 38.3 Å². The molecule has 2 rings (SSSR count). The van der Waals surface area contributed by atoms with Gasteiger partial charge in [0.05, 0.1) is 6.61 Å². The number of nitrogens with zero attached hydrogens (tertiary/aromatic N) is 1. The highest BCUT2D eigenvalue weighted by atomic mass is 16.5. The van der Waals surface area contributed by atoms with E-state index in [1.165, 1.54) is 37.4 Å². The van der Waals surface area contributed by atoms with Gasteiger partial charge in [-0.05, 0) is 43.5 Å². The van der Waals surface area contributed by atoms with Crippen molar-refractivity contribution in [3.05, 3.63) is 35.9 Å². The number of ether oxygens (including phenoxy) is 2. The van der Waals surface area contributed by atoms with Crippen molar-refractivity contribution < 1.29 is 19.1 Å². The molecule has 6 heteroatoms. The number of carbonyl (C=O) groups is 2. The van der Waals surface area contributed by atoms with Crippen LogP contribution in [-0.2, 0) is 19.1 Å². The maximum atomic E-state index is 11.9. The van der Waals surface area contributed by atoms with Crippen LogP contribution in [0.4, 0.5) is 5.69 Å². The Hall–Kier alpha value is -2.34. The van der Waals surface area contributed by atoms with E-state index in [0.717, 1.165) is 18.7 Å². The molecule has 27 heavy (non-hydrogen) atoms. The predicted octanol–water partition coefficient (Wildman–Crippen LogP) is 2.77. The van der Waals surface area contributed by atoms with Gasteiger partial charge in [0.15, 0.2) is 6.10 Å². The third-order valence-electron chi connectivity index (χ3n) is 4.54. The van der Waals surface area contributed by atoms with Crippen LogP contribution in [0, 0.1) is 0 Å². The minimum absolute atomic E-state index is 0.337. The quantitative estimate of drug-likeness (QED) is 0.431. The van der Waals surface area contributed by atoms with Crippen LogP contribution in [0.15, 0.2) is 30.3 Å². The number of rotatable bonds is 8. The van der Waals surface area contributed by atoms with E-state index in [4.69, 9.17) is 9.47 Å². The summed E-state index contributed by atoms with van der Waals surface area (Å²) in [7, 11) is 1.56. The zero-order valence-corrected chi connectivity index (χ0v) is 16.3. The summed E-state index contributed by atoms with van der Waals surface area (Å²) < 4.78 is 9.97. The van der Waals surface area contributed by atoms with Gasteiger partial charge >= 0.3 is 5.97 Å². The summed E-state index contributed by atoms with van der Waals surface area (Å²) >= 11 is 0. The van der Waals surface area contributed by atoms with Gasteiger partial charge in [-0.25, -0.2) is 4.79 Å². The molecule has 1 aliphatic rings. The van der Waals surface area contributed by atoms with E-state index in [9.17, 15) is 9.59 Å². The largest absolute Gasteiger partial charge is 0.449 e. The minimum Gasteiger partial charge on any atom is -0.449 e. The average Bonchev–Trinajstić information content (AvgIpc) is 2.96. The van der Waals surface area contributed by atoms with Gasteiger partial charge in [0.2, 0.25) is 0 Å². The van der Waals surface area contributed by atoms with Gasteiger partial charge in [-0.1, -0.05) is 25.0 Å². The van der Waals surface area contributed by atoms with Crippen LogP contribution in [0.2, 0.25) is 0 Å². The molecule has 0 saturated carbocycles. The zero-order valence-electron chi connectivity index (χ0n) is 16.3. The third kappa shape index (κ3) is 7.43. The normalized spacial score (nSPS) is 16.0. The summed E-state index contributed by atoms with van der Waals surface area (Å²) in [6.07, 6.45) is 7.30. The molecule has 6 nitrogen and oxygen atoms in total. The van der Waals surface area contributed by atoms with E-state index in [2.05, 4.69) is 22.3 Å². The van der Waals surface area contributed by atoms with Crippen LogP contribution < -0.4 is 10.2 Å². The predicted molar refractivity (Wildman–Crippen MR) is 107 cm³/mol. The van der Waals surface area contributed by atoms with Crippen molar-refractivity contribution in [1.82, 2.24) is 5.32 Å². The summed E-state index contributed by atoms with van der Waals surface area (Å²) in [6, 6.07) is 8.15. The standard InChI is InChI=1S/C21H30N2O4/c1-17(21(25)22-13-16-26-2)27-20(24)12-9-18-7-10-19(11-8-18)23-14-5-3-4-6-15-23/h7-12,17H,3-6,13-16H2,1-2H3,(H,22,25)/b12-9+/t17-/m1/s1. The van der Waals surface area contributed by atoms with Crippen LogP contribution in [0.5, 0.6) is 0 Å². The highest BCUT2D eigenvalue weighted by Gasteiger charge is 2.15. The molecule has 1 aliphatic heterocycles.